The number of rotatable bonds is 15. The Balaban J connectivity index is 2.13. The molecule has 0 aliphatic carbocycles. The minimum Gasteiger partial charge on any atom is -0.481 e. The Kier molecular flexibility index (Phi) is 11.3. The van der Waals surface area contributed by atoms with Crippen molar-refractivity contribution in [2.45, 2.75) is 57.4 Å². The lowest BCUT2D eigenvalue weighted by molar-refractivity contribution is -0.138. The highest BCUT2D eigenvalue weighted by atomic mass is 16.4. The molecule has 3 amide bonds. The van der Waals surface area contributed by atoms with E-state index >= 15 is 0 Å². The van der Waals surface area contributed by atoms with Gasteiger partial charge in [-0.3, -0.25) is 33.7 Å². The van der Waals surface area contributed by atoms with E-state index in [2.05, 4.69) is 10.6 Å². The Hall–Kier alpha value is -2.82. The molecular formula is C19H30N4O7. The highest BCUT2D eigenvalue weighted by molar-refractivity contribution is 6.36. The van der Waals surface area contributed by atoms with Crippen molar-refractivity contribution in [2.75, 3.05) is 26.2 Å². The maximum atomic E-state index is 11.9. The third kappa shape index (κ3) is 9.59. The molecule has 0 spiro atoms. The van der Waals surface area contributed by atoms with E-state index in [1.165, 1.54) is 0 Å². The van der Waals surface area contributed by atoms with E-state index in [9.17, 15) is 28.8 Å². The van der Waals surface area contributed by atoms with Crippen LogP contribution in [0.2, 0.25) is 0 Å². The van der Waals surface area contributed by atoms with E-state index in [4.69, 9.17) is 10.8 Å². The van der Waals surface area contributed by atoms with E-state index in [1.807, 2.05) is 4.90 Å². The van der Waals surface area contributed by atoms with Gasteiger partial charge in [-0.2, -0.15) is 0 Å². The second-order valence-electron chi connectivity index (χ2n) is 7.16. The van der Waals surface area contributed by atoms with Crippen molar-refractivity contribution in [3.05, 3.63) is 0 Å². The number of nitrogens with zero attached hydrogens (tertiary/aromatic N) is 1. The van der Waals surface area contributed by atoms with Gasteiger partial charge in [0.2, 0.25) is 17.5 Å². The summed E-state index contributed by atoms with van der Waals surface area (Å²) in [5.74, 6) is -4.13. The van der Waals surface area contributed by atoms with Crippen molar-refractivity contribution >= 4 is 35.3 Å². The number of nitrogens with one attached hydrogen (secondary N) is 2. The zero-order valence-electron chi connectivity index (χ0n) is 17.0. The zero-order chi connectivity index (χ0) is 22.5. The summed E-state index contributed by atoms with van der Waals surface area (Å²) in [5, 5.41) is 13.2. The van der Waals surface area contributed by atoms with Crippen molar-refractivity contribution in [2.24, 2.45) is 5.73 Å². The number of Topliss-reactive ketones (excluding diaryl/α,β-unsaturated/α-hetero) is 2. The van der Waals surface area contributed by atoms with Crippen LogP contribution in [0.3, 0.4) is 0 Å². The second kappa shape index (κ2) is 13.4. The van der Waals surface area contributed by atoms with Crippen molar-refractivity contribution in [3.8, 4) is 0 Å². The Morgan fingerprint density at radius 1 is 0.867 bits per heavy atom. The number of primary amides is 1. The lowest BCUT2D eigenvalue weighted by atomic mass is 10.1. The number of ketones is 2. The number of nitrogens with two attached hydrogens (primary N) is 1. The van der Waals surface area contributed by atoms with E-state index in [0.29, 0.717) is 19.4 Å². The van der Waals surface area contributed by atoms with Gasteiger partial charge in [0, 0.05) is 32.4 Å². The van der Waals surface area contributed by atoms with Crippen LogP contribution < -0.4 is 16.4 Å². The summed E-state index contributed by atoms with van der Waals surface area (Å²) in [6.45, 7) is 1.44. The largest absolute Gasteiger partial charge is 0.481 e. The number of carbonyl (C=O) groups is 6. The SMILES string of the molecule is NC(=O)[C@@H]1CCCN1CCCC(=O)C(=O)NCCCC(=O)C(=O)NCCCC(=O)O. The standard InChI is InChI=1S/C19H30N4O7/c20-17(28)13-5-3-11-23(13)12-4-7-15(25)19(30)21-9-1-6-14(24)18(29)22-10-2-8-16(26)27/h13H,1-12H2,(H2,20,28)(H,21,30)(H,22,29)(H,26,27)/t13-/m0/s1. The number of aliphatic carboxylic acids is 1. The monoisotopic (exact) mass is 426 g/mol. The van der Waals surface area contributed by atoms with Crippen LogP contribution in [0.15, 0.2) is 0 Å². The molecule has 5 N–H and O–H groups in total. The molecule has 1 heterocycles. The second-order valence-corrected chi connectivity index (χ2v) is 7.16. The van der Waals surface area contributed by atoms with Crippen LogP contribution in [0.4, 0.5) is 0 Å². The number of hydrogen-bond acceptors (Lipinski definition) is 7. The predicted octanol–water partition coefficient (Wildman–Crippen LogP) is -1.27. The van der Waals surface area contributed by atoms with Gasteiger partial charge in [0.25, 0.3) is 11.8 Å². The summed E-state index contributed by atoms with van der Waals surface area (Å²) in [7, 11) is 0. The fraction of sp³-hybridized carbons (Fsp3) is 0.684. The molecule has 0 radical (unpaired) electrons. The first kappa shape index (κ1) is 25.2. The molecule has 30 heavy (non-hydrogen) atoms. The highest BCUT2D eigenvalue weighted by Crippen LogP contribution is 2.17. The van der Waals surface area contributed by atoms with Crippen LogP contribution >= 0.6 is 0 Å². The fourth-order valence-corrected chi connectivity index (χ4v) is 3.18. The average Bonchev–Trinajstić information content (AvgIpc) is 3.16. The van der Waals surface area contributed by atoms with Gasteiger partial charge in [0.05, 0.1) is 6.04 Å². The minimum absolute atomic E-state index is 0.0471. The molecule has 11 nitrogen and oxygen atoms in total. The third-order valence-corrected chi connectivity index (χ3v) is 4.77. The molecule has 0 aromatic heterocycles. The summed E-state index contributed by atoms with van der Waals surface area (Å²) in [4.78, 5) is 70.4. The molecule has 1 aliphatic heterocycles. The Bertz CT molecular complexity index is 665. The number of hydrogen-bond donors (Lipinski definition) is 4. The topological polar surface area (TPSA) is 176 Å². The maximum absolute atomic E-state index is 11.9. The summed E-state index contributed by atoms with van der Waals surface area (Å²) >= 11 is 0. The van der Waals surface area contributed by atoms with E-state index in [1.54, 1.807) is 0 Å². The molecule has 0 saturated carbocycles. The molecule has 1 atom stereocenters. The summed E-state index contributed by atoms with van der Waals surface area (Å²) in [6.07, 6.45) is 2.31. The molecule has 168 valence electrons. The van der Waals surface area contributed by atoms with Crippen molar-refractivity contribution in [3.63, 3.8) is 0 Å². The number of carbonyl (C=O) groups excluding carboxylic acids is 5. The Morgan fingerprint density at radius 3 is 1.93 bits per heavy atom. The summed E-state index contributed by atoms with van der Waals surface area (Å²) in [5.41, 5.74) is 5.33. The van der Waals surface area contributed by atoms with Gasteiger partial charge in [-0.25, -0.2) is 0 Å². The fourth-order valence-electron chi connectivity index (χ4n) is 3.18. The van der Waals surface area contributed by atoms with Gasteiger partial charge in [0.1, 0.15) is 0 Å². The lowest BCUT2D eigenvalue weighted by Gasteiger charge is -2.21. The zero-order valence-corrected chi connectivity index (χ0v) is 17.0. The van der Waals surface area contributed by atoms with Crippen LogP contribution in [-0.4, -0.2) is 77.5 Å². The molecule has 1 aliphatic rings. The van der Waals surface area contributed by atoms with Crippen LogP contribution in [0, 0.1) is 0 Å². The summed E-state index contributed by atoms with van der Waals surface area (Å²) < 4.78 is 0. The molecule has 1 saturated heterocycles. The first-order valence-corrected chi connectivity index (χ1v) is 10.1. The molecule has 0 aromatic rings. The van der Waals surface area contributed by atoms with Gasteiger partial charge < -0.3 is 21.5 Å². The van der Waals surface area contributed by atoms with Gasteiger partial charge in [0.15, 0.2) is 0 Å². The lowest BCUT2D eigenvalue weighted by Crippen LogP contribution is -2.41. The van der Waals surface area contributed by atoms with E-state index < -0.39 is 29.4 Å². The maximum Gasteiger partial charge on any atom is 0.303 e. The van der Waals surface area contributed by atoms with Gasteiger partial charge in [-0.1, -0.05) is 0 Å². The quantitative estimate of drug-likeness (QED) is 0.185. The molecule has 11 heteroatoms. The minimum atomic E-state index is -0.980. The molecule has 0 unspecified atom stereocenters. The number of amides is 3. The van der Waals surface area contributed by atoms with Crippen LogP contribution in [-0.2, 0) is 28.8 Å². The first-order chi connectivity index (χ1) is 14.2. The Morgan fingerprint density at radius 2 is 1.40 bits per heavy atom. The van der Waals surface area contributed by atoms with Crippen LogP contribution in [0.5, 0.6) is 0 Å². The number of carboxylic acid groups (broad SMARTS) is 1. The first-order valence-electron chi connectivity index (χ1n) is 10.1. The normalized spacial score (nSPS) is 16.1. The number of carboxylic acids is 1. The summed E-state index contributed by atoms with van der Waals surface area (Å²) in [6, 6.07) is -0.305. The van der Waals surface area contributed by atoms with Gasteiger partial charge >= 0.3 is 5.97 Å². The van der Waals surface area contributed by atoms with Crippen molar-refractivity contribution in [1.82, 2.24) is 15.5 Å². The van der Waals surface area contributed by atoms with E-state index in [0.717, 1.165) is 13.0 Å². The van der Waals surface area contributed by atoms with E-state index in [-0.39, 0.29) is 57.1 Å². The smallest absolute Gasteiger partial charge is 0.303 e. The third-order valence-electron chi connectivity index (χ3n) is 4.77. The molecule has 1 rings (SSSR count). The van der Waals surface area contributed by atoms with Crippen molar-refractivity contribution < 1.29 is 33.9 Å². The van der Waals surface area contributed by atoms with Crippen LogP contribution in [0.1, 0.15) is 51.4 Å². The molecule has 0 aromatic carbocycles. The number of likely N-dealkylation sites (tertiary alicyclic amines) is 1. The molecule has 0 bridgehead atoms. The molecule has 1 fully saturated rings. The highest BCUT2D eigenvalue weighted by Gasteiger charge is 2.28. The predicted molar refractivity (Wildman–Crippen MR) is 105 cm³/mol. The van der Waals surface area contributed by atoms with Crippen molar-refractivity contribution in [1.29, 1.82) is 0 Å². The average molecular weight is 426 g/mol. The van der Waals surface area contributed by atoms with Crippen LogP contribution in [0.25, 0.3) is 0 Å². The van der Waals surface area contributed by atoms with Gasteiger partial charge in [-0.15, -0.1) is 0 Å². The Labute approximate surface area is 174 Å². The molecular weight excluding hydrogens is 396 g/mol. The van der Waals surface area contributed by atoms with Gasteiger partial charge in [-0.05, 0) is 45.2 Å².